The number of rotatable bonds is 4. The molecule has 1 saturated heterocycles. The lowest BCUT2D eigenvalue weighted by atomic mass is 9.93. The Morgan fingerprint density at radius 2 is 1.81 bits per heavy atom. The maximum absolute atomic E-state index is 12.8. The summed E-state index contributed by atoms with van der Waals surface area (Å²) in [6.45, 7) is 2.11. The van der Waals surface area contributed by atoms with E-state index in [2.05, 4.69) is 0 Å². The van der Waals surface area contributed by atoms with Crippen LogP contribution in [0.2, 0.25) is 0 Å². The third kappa shape index (κ3) is 3.57. The zero-order chi connectivity index (χ0) is 15.6. The Kier molecular flexibility index (Phi) is 5.27. The first-order valence-electron chi connectivity index (χ1n) is 7.81. The number of carboxylic acids is 1. The number of piperidine rings is 1. The summed E-state index contributed by atoms with van der Waals surface area (Å²) >= 11 is 0. The Hall–Kier alpha value is -0.660. The van der Waals surface area contributed by atoms with Crippen molar-refractivity contribution in [1.29, 1.82) is 0 Å². The van der Waals surface area contributed by atoms with E-state index >= 15 is 0 Å². The highest BCUT2D eigenvalue weighted by Gasteiger charge is 2.39. The summed E-state index contributed by atoms with van der Waals surface area (Å²) in [5, 5.41) is 9.08. The van der Waals surface area contributed by atoms with Crippen molar-refractivity contribution in [3.63, 3.8) is 0 Å². The zero-order valence-electron chi connectivity index (χ0n) is 12.9. The fourth-order valence-electron chi connectivity index (χ4n) is 3.52. The summed E-state index contributed by atoms with van der Waals surface area (Å²) in [5.41, 5.74) is 0. The van der Waals surface area contributed by atoms with Gasteiger partial charge in [-0.25, -0.2) is 0 Å². The van der Waals surface area contributed by atoms with Crippen LogP contribution < -0.4 is 0 Å². The van der Waals surface area contributed by atoms with E-state index in [9.17, 15) is 13.2 Å². The van der Waals surface area contributed by atoms with Gasteiger partial charge in [-0.05, 0) is 32.6 Å². The molecule has 1 aliphatic heterocycles. The molecule has 0 aromatic carbocycles. The quantitative estimate of drug-likeness (QED) is 0.855. The largest absolute Gasteiger partial charge is 0.481 e. The van der Waals surface area contributed by atoms with Crippen LogP contribution in [-0.4, -0.2) is 53.8 Å². The minimum Gasteiger partial charge on any atom is -0.481 e. The van der Waals surface area contributed by atoms with Crippen LogP contribution in [-0.2, 0) is 15.0 Å². The van der Waals surface area contributed by atoms with Gasteiger partial charge in [-0.2, -0.15) is 17.0 Å². The van der Waals surface area contributed by atoms with Crippen molar-refractivity contribution in [3.8, 4) is 0 Å². The monoisotopic (exact) mass is 318 g/mol. The Bertz CT molecular complexity index is 473. The highest BCUT2D eigenvalue weighted by molar-refractivity contribution is 7.86. The first-order valence-corrected chi connectivity index (χ1v) is 9.21. The lowest BCUT2D eigenvalue weighted by Crippen LogP contribution is -2.53. The Labute approximate surface area is 127 Å². The van der Waals surface area contributed by atoms with E-state index in [-0.39, 0.29) is 12.1 Å². The molecule has 0 aromatic rings. The van der Waals surface area contributed by atoms with Gasteiger partial charge in [0.25, 0.3) is 10.2 Å². The summed E-state index contributed by atoms with van der Waals surface area (Å²) in [6.07, 6.45) is 6.00. The van der Waals surface area contributed by atoms with Gasteiger partial charge in [0.05, 0.1) is 5.92 Å². The third-order valence-corrected chi connectivity index (χ3v) is 7.07. The molecule has 122 valence electrons. The molecule has 1 heterocycles. The minimum atomic E-state index is -3.49. The van der Waals surface area contributed by atoms with Crippen LogP contribution in [0.15, 0.2) is 0 Å². The lowest BCUT2D eigenvalue weighted by molar-refractivity contribution is -0.143. The summed E-state index contributed by atoms with van der Waals surface area (Å²) in [7, 11) is -1.82. The molecule has 0 spiro atoms. The van der Waals surface area contributed by atoms with Crippen LogP contribution in [0.4, 0.5) is 0 Å². The van der Waals surface area contributed by atoms with Crippen molar-refractivity contribution >= 4 is 16.2 Å². The summed E-state index contributed by atoms with van der Waals surface area (Å²) in [6, 6.07) is -0.163. The van der Waals surface area contributed by atoms with Gasteiger partial charge in [-0.1, -0.05) is 19.3 Å². The highest BCUT2D eigenvalue weighted by atomic mass is 32.2. The van der Waals surface area contributed by atoms with Crippen LogP contribution in [0.3, 0.4) is 0 Å². The molecule has 1 aliphatic carbocycles. The van der Waals surface area contributed by atoms with Crippen molar-refractivity contribution in [1.82, 2.24) is 8.61 Å². The van der Waals surface area contributed by atoms with Crippen LogP contribution >= 0.6 is 0 Å². The highest BCUT2D eigenvalue weighted by Crippen LogP contribution is 2.30. The molecular weight excluding hydrogens is 292 g/mol. The van der Waals surface area contributed by atoms with E-state index in [1.54, 1.807) is 14.0 Å². The van der Waals surface area contributed by atoms with Gasteiger partial charge in [0.1, 0.15) is 0 Å². The number of nitrogens with zero attached hydrogens (tertiary/aromatic N) is 2. The lowest BCUT2D eigenvalue weighted by Gasteiger charge is -2.40. The average molecular weight is 318 g/mol. The van der Waals surface area contributed by atoms with E-state index in [1.165, 1.54) is 15.0 Å². The van der Waals surface area contributed by atoms with E-state index in [1.807, 2.05) is 0 Å². The van der Waals surface area contributed by atoms with Crippen molar-refractivity contribution in [3.05, 3.63) is 0 Å². The normalized spacial score (nSPS) is 29.7. The van der Waals surface area contributed by atoms with Gasteiger partial charge < -0.3 is 5.11 Å². The molecule has 21 heavy (non-hydrogen) atoms. The number of carbonyl (C=O) groups is 1. The molecule has 0 amide bonds. The van der Waals surface area contributed by atoms with Gasteiger partial charge in [-0.15, -0.1) is 0 Å². The maximum Gasteiger partial charge on any atom is 0.306 e. The van der Waals surface area contributed by atoms with Gasteiger partial charge in [0, 0.05) is 25.7 Å². The Morgan fingerprint density at radius 3 is 2.33 bits per heavy atom. The molecule has 2 rings (SSSR count). The van der Waals surface area contributed by atoms with Crippen LogP contribution in [0, 0.1) is 5.92 Å². The van der Waals surface area contributed by atoms with E-state index in [0.29, 0.717) is 19.4 Å². The molecule has 7 heteroatoms. The summed E-state index contributed by atoms with van der Waals surface area (Å²) in [5.74, 6) is -1.24. The second-order valence-electron chi connectivity index (χ2n) is 6.34. The molecule has 2 unspecified atom stereocenters. The van der Waals surface area contributed by atoms with Crippen molar-refractivity contribution in [2.24, 2.45) is 5.92 Å². The molecule has 0 aromatic heterocycles. The molecule has 2 aliphatic rings. The molecule has 2 fully saturated rings. The van der Waals surface area contributed by atoms with E-state index in [4.69, 9.17) is 5.11 Å². The molecule has 2 atom stereocenters. The van der Waals surface area contributed by atoms with Crippen molar-refractivity contribution < 1.29 is 18.3 Å². The van der Waals surface area contributed by atoms with Crippen LogP contribution in [0.25, 0.3) is 0 Å². The zero-order valence-corrected chi connectivity index (χ0v) is 13.7. The second kappa shape index (κ2) is 6.62. The number of aliphatic carboxylic acids is 1. The smallest absolute Gasteiger partial charge is 0.306 e. The topological polar surface area (TPSA) is 77.9 Å². The predicted octanol–water partition coefficient (Wildman–Crippen LogP) is 1.68. The molecular formula is C14H26N2O4S. The molecule has 1 N–H and O–H groups in total. The molecule has 0 radical (unpaired) electrons. The van der Waals surface area contributed by atoms with E-state index < -0.39 is 22.1 Å². The second-order valence-corrected chi connectivity index (χ2v) is 8.28. The fourth-order valence-corrected chi connectivity index (χ4v) is 5.31. The summed E-state index contributed by atoms with van der Waals surface area (Å²) < 4.78 is 28.6. The molecule has 6 nitrogen and oxygen atoms in total. The van der Waals surface area contributed by atoms with E-state index in [0.717, 1.165) is 25.7 Å². The third-order valence-electron chi connectivity index (χ3n) is 4.91. The first-order chi connectivity index (χ1) is 9.84. The number of hydrogen-bond donors (Lipinski definition) is 1. The average Bonchev–Trinajstić information content (AvgIpc) is 2.46. The van der Waals surface area contributed by atoms with Gasteiger partial charge in [-0.3, -0.25) is 4.79 Å². The van der Waals surface area contributed by atoms with Crippen LogP contribution in [0.5, 0.6) is 0 Å². The minimum absolute atomic E-state index is 0.0909. The van der Waals surface area contributed by atoms with Gasteiger partial charge in [0.15, 0.2) is 0 Å². The van der Waals surface area contributed by atoms with Gasteiger partial charge in [0.2, 0.25) is 0 Å². The fraction of sp³-hybridized carbons (Fsp3) is 0.929. The first kappa shape index (κ1) is 16.7. The SMILES string of the molecule is CC1CC(C(=O)O)CCN1S(=O)(=O)N(C)C1CCCCC1. The van der Waals surface area contributed by atoms with Crippen molar-refractivity contribution in [2.75, 3.05) is 13.6 Å². The summed E-state index contributed by atoms with van der Waals surface area (Å²) in [4.78, 5) is 11.1. The molecule has 1 saturated carbocycles. The standard InChI is InChI=1S/C14H26N2O4S/c1-11-10-12(14(17)18)8-9-16(11)21(19,20)15(2)13-6-4-3-5-7-13/h11-13H,3-10H2,1-2H3,(H,17,18). The number of hydrogen-bond acceptors (Lipinski definition) is 3. The molecule has 0 bridgehead atoms. The van der Waals surface area contributed by atoms with Crippen LogP contribution in [0.1, 0.15) is 51.9 Å². The Balaban J connectivity index is 2.06. The van der Waals surface area contributed by atoms with Gasteiger partial charge >= 0.3 is 5.97 Å². The maximum atomic E-state index is 12.8. The number of carboxylic acid groups (broad SMARTS) is 1. The Morgan fingerprint density at radius 1 is 1.19 bits per heavy atom. The predicted molar refractivity (Wildman–Crippen MR) is 80.1 cm³/mol. The van der Waals surface area contributed by atoms with Crippen molar-refractivity contribution in [2.45, 2.75) is 64.0 Å².